The molecule has 0 aliphatic heterocycles. The molecule has 1 aliphatic carbocycles. The van der Waals surface area contributed by atoms with Crippen LogP contribution < -0.4 is 9.47 Å². The third-order valence-electron chi connectivity index (χ3n) is 6.24. The van der Waals surface area contributed by atoms with Crippen LogP contribution in [0.15, 0.2) is 72.8 Å². The fourth-order valence-corrected chi connectivity index (χ4v) is 4.65. The highest BCUT2D eigenvalue weighted by molar-refractivity contribution is 6.01. The third-order valence-corrected chi connectivity index (χ3v) is 6.24. The molecule has 1 unspecified atom stereocenters. The normalized spacial score (nSPS) is 15.5. The van der Waals surface area contributed by atoms with Gasteiger partial charge in [0, 0.05) is 12.5 Å². The Bertz CT molecular complexity index is 1070. The van der Waals surface area contributed by atoms with Crippen molar-refractivity contribution in [3.8, 4) is 11.5 Å². The SMILES string of the molecule is CC(CCCc1ccccc1)Oc1cc2c(c(OCc3ccccc3)c1)C(=O)CC(C)(C)C2. The van der Waals surface area contributed by atoms with Gasteiger partial charge in [0.1, 0.15) is 18.1 Å². The molecule has 0 N–H and O–H groups in total. The van der Waals surface area contributed by atoms with Gasteiger partial charge < -0.3 is 9.47 Å². The molecule has 3 heteroatoms. The molecular formula is C30H34O3. The third kappa shape index (κ3) is 6.25. The Morgan fingerprint density at radius 2 is 1.58 bits per heavy atom. The van der Waals surface area contributed by atoms with Crippen molar-refractivity contribution < 1.29 is 14.3 Å². The highest BCUT2D eigenvalue weighted by atomic mass is 16.5. The van der Waals surface area contributed by atoms with E-state index in [1.165, 1.54) is 5.56 Å². The van der Waals surface area contributed by atoms with Crippen LogP contribution in [0.4, 0.5) is 0 Å². The quantitative estimate of drug-likeness (QED) is 0.351. The molecule has 0 saturated carbocycles. The molecule has 1 atom stereocenters. The Labute approximate surface area is 197 Å². The highest BCUT2D eigenvalue weighted by Crippen LogP contribution is 2.41. The molecule has 33 heavy (non-hydrogen) atoms. The first-order chi connectivity index (χ1) is 15.9. The van der Waals surface area contributed by atoms with Crippen LogP contribution in [-0.4, -0.2) is 11.9 Å². The van der Waals surface area contributed by atoms with Crippen molar-refractivity contribution in [2.75, 3.05) is 0 Å². The Kier molecular flexibility index (Phi) is 7.17. The van der Waals surface area contributed by atoms with Gasteiger partial charge in [-0.1, -0.05) is 74.5 Å². The van der Waals surface area contributed by atoms with Gasteiger partial charge in [-0.05, 0) is 60.8 Å². The lowest BCUT2D eigenvalue weighted by atomic mass is 9.73. The summed E-state index contributed by atoms with van der Waals surface area (Å²) in [6, 6.07) is 24.6. The molecule has 3 nitrogen and oxygen atoms in total. The zero-order valence-corrected chi connectivity index (χ0v) is 20.0. The molecule has 0 fully saturated rings. The Hall–Kier alpha value is -3.07. The fraction of sp³-hybridized carbons (Fsp3) is 0.367. The van der Waals surface area contributed by atoms with Gasteiger partial charge in [-0.2, -0.15) is 0 Å². The minimum atomic E-state index is -0.0549. The fourth-order valence-electron chi connectivity index (χ4n) is 4.65. The maximum absolute atomic E-state index is 13.0. The van der Waals surface area contributed by atoms with Crippen LogP contribution in [0.1, 0.15) is 67.1 Å². The van der Waals surface area contributed by atoms with Gasteiger partial charge in [0.05, 0.1) is 11.7 Å². The van der Waals surface area contributed by atoms with Gasteiger partial charge in [0.15, 0.2) is 5.78 Å². The second-order valence-electron chi connectivity index (χ2n) is 9.98. The molecule has 3 aromatic rings. The van der Waals surface area contributed by atoms with Crippen molar-refractivity contribution in [1.82, 2.24) is 0 Å². The number of aryl methyl sites for hydroxylation is 1. The maximum Gasteiger partial charge on any atom is 0.167 e. The van der Waals surface area contributed by atoms with E-state index in [9.17, 15) is 4.79 Å². The Balaban J connectivity index is 1.49. The van der Waals surface area contributed by atoms with Crippen LogP contribution in [0.3, 0.4) is 0 Å². The molecule has 4 rings (SSSR count). The van der Waals surface area contributed by atoms with Gasteiger partial charge in [-0.3, -0.25) is 4.79 Å². The predicted molar refractivity (Wildman–Crippen MR) is 133 cm³/mol. The standard InChI is InChI=1S/C30H34O3/c1-22(11-10-16-23-12-6-4-7-13-23)33-26-17-25-19-30(2,3)20-27(31)29(25)28(18-26)32-21-24-14-8-5-9-15-24/h4-9,12-15,17-18,22H,10-11,16,19-21H2,1-3H3. The number of fused-ring (bicyclic) bond motifs is 1. The first-order valence-corrected chi connectivity index (χ1v) is 12.0. The van der Waals surface area contributed by atoms with E-state index in [1.807, 2.05) is 36.4 Å². The maximum atomic E-state index is 13.0. The highest BCUT2D eigenvalue weighted by Gasteiger charge is 2.34. The molecule has 0 heterocycles. The number of carbonyl (C=O) groups is 1. The number of ketones is 1. The average molecular weight is 443 g/mol. The average Bonchev–Trinajstić information content (AvgIpc) is 2.77. The summed E-state index contributed by atoms with van der Waals surface area (Å²) in [4.78, 5) is 13.0. The number of hydrogen-bond donors (Lipinski definition) is 0. The van der Waals surface area contributed by atoms with Crippen LogP contribution in [0.2, 0.25) is 0 Å². The first kappa shape index (κ1) is 23.1. The van der Waals surface area contributed by atoms with Crippen molar-refractivity contribution in [2.24, 2.45) is 5.41 Å². The van der Waals surface area contributed by atoms with Crippen LogP contribution in [-0.2, 0) is 19.4 Å². The molecular weight excluding hydrogens is 408 g/mol. The predicted octanol–water partition coefficient (Wildman–Crippen LogP) is 7.21. The summed E-state index contributed by atoms with van der Waals surface area (Å²) < 4.78 is 12.5. The van der Waals surface area contributed by atoms with Crippen LogP contribution in [0.5, 0.6) is 11.5 Å². The number of ether oxygens (including phenoxy) is 2. The zero-order valence-electron chi connectivity index (χ0n) is 20.0. The summed E-state index contributed by atoms with van der Waals surface area (Å²) in [5.74, 6) is 1.59. The number of Topliss-reactive ketones (excluding diaryl/α,β-unsaturated/α-hetero) is 1. The lowest BCUT2D eigenvalue weighted by Gasteiger charge is -2.31. The minimum absolute atomic E-state index is 0.0549. The number of benzene rings is 3. The van der Waals surface area contributed by atoms with Crippen LogP contribution in [0.25, 0.3) is 0 Å². The van der Waals surface area contributed by atoms with Gasteiger partial charge in [0.25, 0.3) is 0 Å². The molecule has 172 valence electrons. The van der Waals surface area contributed by atoms with Gasteiger partial charge in [-0.15, -0.1) is 0 Å². The number of carbonyl (C=O) groups excluding carboxylic acids is 1. The van der Waals surface area contributed by atoms with Gasteiger partial charge >= 0.3 is 0 Å². The van der Waals surface area contributed by atoms with E-state index in [1.54, 1.807) is 0 Å². The summed E-state index contributed by atoms with van der Waals surface area (Å²) >= 11 is 0. The van der Waals surface area contributed by atoms with Crippen molar-refractivity contribution in [3.05, 3.63) is 95.1 Å². The van der Waals surface area contributed by atoms with E-state index < -0.39 is 0 Å². The summed E-state index contributed by atoms with van der Waals surface area (Å²) in [5.41, 5.74) is 4.15. The molecule has 0 saturated heterocycles. The second kappa shape index (κ2) is 10.2. The van der Waals surface area contributed by atoms with E-state index in [4.69, 9.17) is 9.47 Å². The molecule has 0 bridgehead atoms. The lowest BCUT2D eigenvalue weighted by Crippen LogP contribution is -2.27. The van der Waals surface area contributed by atoms with E-state index in [2.05, 4.69) is 57.2 Å². The number of rotatable bonds is 9. The Morgan fingerprint density at radius 1 is 0.909 bits per heavy atom. The van der Waals surface area contributed by atoms with Crippen molar-refractivity contribution >= 4 is 5.78 Å². The second-order valence-corrected chi connectivity index (χ2v) is 9.98. The number of hydrogen-bond acceptors (Lipinski definition) is 3. The summed E-state index contributed by atoms with van der Waals surface area (Å²) in [6.45, 7) is 6.85. The summed E-state index contributed by atoms with van der Waals surface area (Å²) in [6.07, 6.45) is 4.55. The van der Waals surface area contributed by atoms with Crippen molar-refractivity contribution in [3.63, 3.8) is 0 Å². The van der Waals surface area contributed by atoms with E-state index in [-0.39, 0.29) is 17.3 Å². The summed E-state index contributed by atoms with van der Waals surface area (Å²) in [7, 11) is 0. The topological polar surface area (TPSA) is 35.5 Å². The molecule has 1 aliphatic rings. The van der Waals surface area contributed by atoms with Crippen molar-refractivity contribution in [1.29, 1.82) is 0 Å². The summed E-state index contributed by atoms with van der Waals surface area (Å²) in [5, 5.41) is 0. The molecule has 0 aromatic heterocycles. The minimum Gasteiger partial charge on any atom is -0.491 e. The Morgan fingerprint density at radius 3 is 2.27 bits per heavy atom. The monoisotopic (exact) mass is 442 g/mol. The van der Waals surface area contributed by atoms with E-state index in [0.29, 0.717) is 18.8 Å². The van der Waals surface area contributed by atoms with Gasteiger partial charge in [-0.25, -0.2) is 0 Å². The molecule has 0 amide bonds. The molecule has 0 spiro atoms. The molecule has 3 aromatic carbocycles. The zero-order chi connectivity index (χ0) is 23.3. The van der Waals surface area contributed by atoms with E-state index >= 15 is 0 Å². The van der Waals surface area contributed by atoms with Crippen molar-refractivity contribution in [2.45, 2.75) is 65.6 Å². The van der Waals surface area contributed by atoms with Crippen LogP contribution >= 0.6 is 0 Å². The lowest BCUT2D eigenvalue weighted by molar-refractivity contribution is 0.0906. The van der Waals surface area contributed by atoms with Gasteiger partial charge in [0.2, 0.25) is 0 Å². The largest absolute Gasteiger partial charge is 0.491 e. The van der Waals surface area contributed by atoms with Crippen LogP contribution in [0, 0.1) is 5.41 Å². The smallest absolute Gasteiger partial charge is 0.167 e. The molecule has 0 radical (unpaired) electrons. The van der Waals surface area contributed by atoms with E-state index in [0.717, 1.165) is 48.1 Å². The first-order valence-electron chi connectivity index (χ1n) is 12.0.